The molecule has 0 saturated carbocycles. The fraction of sp³-hybridized carbons (Fsp3) is 0.167. The Bertz CT molecular complexity index is 753. The van der Waals surface area contributed by atoms with Gasteiger partial charge in [0.25, 0.3) is 0 Å². The zero-order chi connectivity index (χ0) is 16.8. The molecule has 6 heteroatoms. The van der Waals surface area contributed by atoms with Gasteiger partial charge in [-0.15, -0.1) is 0 Å². The molecular formula is C18H19N5S. The minimum Gasteiger partial charge on any atom is -0.364 e. The van der Waals surface area contributed by atoms with Gasteiger partial charge >= 0.3 is 0 Å². The van der Waals surface area contributed by atoms with E-state index in [0.29, 0.717) is 5.11 Å². The molecule has 2 N–H and O–H groups in total. The van der Waals surface area contributed by atoms with Gasteiger partial charge in [0.15, 0.2) is 5.11 Å². The van der Waals surface area contributed by atoms with Gasteiger partial charge in [-0.1, -0.05) is 42.5 Å². The molecule has 3 rings (SSSR count). The molecule has 2 aromatic rings. The van der Waals surface area contributed by atoms with E-state index in [0.717, 1.165) is 29.9 Å². The molecule has 0 aromatic heterocycles. The molecule has 0 amide bonds. The monoisotopic (exact) mass is 337 g/mol. The van der Waals surface area contributed by atoms with E-state index in [1.54, 1.807) is 13.3 Å². The zero-order valence-corrected chi connectivity index (χ0v) is 14.3. The number of nitrogens with zero attached hydrogens (tertiary/aromatic N) is 3. The maximum atomic E-state index is 4.96. The van der Waals surface area contributed by atoms with Crippen molar-refractivity contribution >= 4 is 34.9 Å². The molecule has 0 bridgehead atoms. The topological polar surface area (TPSA) is 52.0 Å². The molecule has 0 spiro atoms. The van der Waals surface area contributed by atoms with Crippen LogP contribution in [-0.2, 0) is 0 Å². The zero-order valence-electron chi connectivity index (χ0n) is 13.4. The number of hydrogen-bond acceptors (Lipinski definition) is 4. The van der Waals surface area contributed by atoms with Gasteiger partial charge in [-0.2, -0.15) is 10.2 Å². The minimum absolute atomic E-state index is 0.489. The number of anilines is 1. The number of hydrogen-bond donors (Lipinski definition) is 2. The van der Waals surface area contributed by atoms with Crippen LogP contribution in [0.2, 0.25) is 0 Å². The second kappa shape index (κ2) is 7.70. The number of thiocarbonyl (C=S) groups is 1. The van der Waals surface area contributed by atoms with Crippen molar-refractivity contribution in [2.75, 3.05) is 18.6 Å². The van der Waals surface area contributed by atoms with E-state index in [1.165, 1.54) is 5.56 Å². The molecule has 122 valence electrons. The van der Waals surface area contributed by atoms with Crippen molar-refractivity contribution in [3.8, 4) is 0 Å². The standard InChI is InChI=1S/C18H19N5S/c1-19-18(24)21-20-13-14-7-9-16(10-8-14)23-12-11-17(22-23)15-5-3-2-4-6-15/h2-10,13H,11-12H2,1H3,(H2,19,21,24)/b20-13+. The minimum atomic E-state index is 0.489. The van der Waals surface area contributed by atoms with Gasteiger partial charge in [0.2, 0.25) is 0 Å². The first-order chi connectivity index (χ1) is 11.8. The summed E-state index contributed by atoms with van der Waals surface area (Å²) in [4.78, 5) is 0. The fourth-order valence-corrected chi connectivity index (χ4v) is 2.48. The summed E-state index contributed by atoms with van der Waals surface area (Å²) in [6.45, 7) is 0.898. The third-order valence-corrected chi connectivity index (χ3v) is 4.00. The molecule has 0 atom stereocenters. The van der Waals surface area contributed by atoms with E-state index in [2.05, 4.69) is 40.1 Å². The van der Waals surface area contributed by atoms with Crippen LogP contribution in [0.3, 0.4) is 0 Å². The Morgan fingerprint density at radius 1 is 1.17 bits per heavy atom. The molecule has 0 fully saturated rings. The predicted molar refractivity (Wildman–Crippen MR) is 104 cm³/mol. The van der Waals surface area contributed by atoms with E-state index >= 15 is 0 Å². The maximum absolute atomic E-state index is 4.96. The number of nitrogens with one attached hydrogen (secondary N) is 2. The van der Waals surface area contributed by atoms with Crippen molar-refractivity contribution in [2.45, 2.75) is 6.42 Å². The molecule has 1 aliphatic rings. The van der Waals surface area contributed by atoms with Gasteiger partial charge in [-0.3, -0.25) is 10.4 Å². The summed E-state index contributed by atoms with van der Waals surface area (Å²) in [5.74, 6) is 0. The Hall–Kier alpha value is -2.73. The number of hydrazone groups is 2. The van der Waals surface area contributed by atoms with Crippen LogP contribution >= 0.6 is 12.2 Å². The Labute approximate surface area is 147 Å². The molecule has 0 radical (unpaired) electrons. The third-order valence-electron chi connectivity index (χ3n) is 3.71. The van der Waals surface area contributed by atoms with Crippen molar-refractivity contribution in [3.63, 3.8) is 0 Å². The van der Waals surface area contributed by atoms with Crippen LogP contribution in [0.25, 0.3) is 0 Å². The van der Waals surface area contributed by atoms with Gasteiger partial charge < -0.3 is 5.32 Å². The maximum Gasteiger partial charge on any atom is 0.186 e. The summed E-state index contributed by atoms with van der Waals surface area (Å²) in [5.41, 5.74) is 7.13. The molecular weight excluding hydrogens is 318 g/mol. The summed E-state index contributed by atoms with van der Waals surface area (Å²) in [6.07, 6.45) is 2.69. The van der Waals surface area contributed by atoms with Crippen LogP contribution in [-0.4, -0.2) is 30.6 Å². The highest BCUT2D eigenvalue weighted by Gasteiger charge is 2.16. The van der Waals surface area contributed by atoms with Crippen molar-refractivity contribution < 1.29 is 0 Å². The number of benzene rings is 2. The second-order valence-electron chi connectivity index (χ2n) is 5.33. The van der Waals surface area contributed by atoms with Gasteiger partial charge in [-0.25, -0.2) is 0 Å². The molecule has 1 aliphatic heterocycles. The average Bonchev–Trinajstić information content (AvgIpc) is 3.13. The van der Waals surface area contributed by atoms with E-state index in [1.807, 2.05) is 35.3 Å². The lowest BCUT2D eigenvalue weighted by atomic mass is 10.1. The Balaban J connectivity index is 1.66. The van der Waals surface area contributed by atoms with Crippen LogP contribution in [0.4, 0.5) is 5.69 Å². The summed E-state index contributed by atoms with van der Waals surface area (Å²) in [6, 6.07) is 18.4. The first-order valence-corrected chi connectivity index (χ1v) is 8.18. The van der Waals surface area contributed by atoms with Crippen molar-refractivity contribution in [1.82, 2.24) is 10.7 Å². The molecule has 1 heterocycles. The van der Waals surface area contributed by atoms with Crippen molar-refractivity contribution in [2.24, 2.45) is 10.2 Å². The normalized spacial score (nSPS) is 13.9. The van der Waals surface area contributed by atoms with E-state index < -0.39 is 0 Å². The highest BCUT2D eigenvalue weighted by molar-refractivity contribution is 7.80. The van der Waals surface area contributed by atoms with Crippen LogP contribution in [0.15, 0.2) is 64.8 Å². The lowest BCUT2D eigenvalue weighted by Gasteiger charge is -2.13. The third kappa shape index (κ3) is 3.97. The smallest absolute Gasteiger partial charge is 0.186 e. The summed E-state index contributed by atoms with van der Waals surface area (Å²) >= 11 is 4.96. The molecule has 0 unspecified atom stereocenters. The molecule has 0 saturated heterocycles. The van der Waals surface area contributed by atoms with Crippen molar-refractivity contribution in [3.05, 3.63) is 65.7 Å². The van der Waals surface area contributed by atoms with Crippen LogP contribution in [0.5, 0.6) is 0 Å². The molecule has 24 heavy (non-hydrogen) atoms. The lowest BCUT2D eigenvalue weighted by Crippen LogP contribution is -2.28. The second-order valence-corrected chi connectivity index (χ2v) is 5.73. The predicted octanol–water partition coefficient (Wildman–Crippen LogP) is 2.73. The van der Waals surface area contributed by atoms with Gasteiger partial charge in [0.05, 0.1) is 17.6 Å². The number of rotatable bonds is 4. The largest absolute Gasteiger partial charge is 0.364 e. The lowest BCUT2D eigenvalue weighted by molar-refractivity contribution is 0.922. The highest BCUT2D eigenvalue weighted by atomic mass is 32.1. The SMILES string of the molecule is CNC(=S)N/N=C/c1ccc(N2CCC(c3ccccc3)=N2)cc1. The van der Waals surface area contributed by atoms with Crippen LogP contribution in [0, 0.1) is 0 Å². The quantitative estimate of drug-likeness (QED) is 0.512. The fourth-order valence-electron chi connectivity index (χ4n) is 2.43. The highest BCUT2D eigenvalue weighted by Crippen LogP contribution is 2.21. The van der Waals surface area contributed by atoms with E-state index in [-0.39, 0.29) is 0 Å². The van der Waals surface area contributed by atoms with E-state index in [9.17, 15) is 0 Å². The van der Waals surface area contributed by atoms with E-state index in [4.69, 9.17) is 17.3 Å². The van der Waals surface area contributed by atoms with Crippen LogP contribution in [0.1, 0.15) is 17.5 Å². The summed E-state index contributed by atoms with van der Waals surface area (Å²) in [5, 5.41) is 14.1. The first-order valence-electron chi connectivity index (χ1n) is 7.77. The Morgan fingerprint density at radius 3 is 2.62 bits per heavy atom. The molecule has 2 aromatic carbocycles. The Morgan fingerprint density at radius 2 is 1.92 bits per heavy atom. The van der Waals surface area contributed by atoms with Gasteiger partial charge in [-0.05, 0) is 35.5 Å². The summed E-state index contributed by atoms with van der Waals surface area (Å²) in [7, 11) is 1.75. The molecule has 5 nitrogen and oxygen atoms in total. The van der Waals surface area contributed by atoms with Crippen molar-refractivity contribution in [1.29, 1.82) is 0 Å². The van der Waals surface area contributed by atoms with Gasteiger partial charge in [0, 0.05) is 20.0 Å². The van der Waals surface area contributed by atoms with Crippen LogP contribution < -0.4 is 15.8 Å². The summed E-state index contributed by atoms with van der Waals surface area (Å²) < 4.78 is 0. The van der Waals surface area contributed by atoms with Gasteiger partial charge in [0.1, 0.15) is 0 Å². The first kappa shape index (κ1) is 16.1. The average molecular weight is 337 g/mol. The Kier molecular flexibility index (Phi) is 5.18. The molecule has 0 aliphatic carbocycles.